The van der Waals surface area contributed by atoms with E-state index in [2.05, 4.69) is 15.5 Å². The Hall–Kier alpha value is -4.73. The molecule has 6 rings (SSSR count). The molecule has 4 aromatic heterocycles. The van der Waals surface area contributed by atoms with Gasteiger partial charge in [-0.15, -0.1) is 10.2 Å². The molecule has 1 fully saturated rings. The minimum atomic E-state index is -0.0223. The van der Waals surface area contributed by atoms with Crippen LogP contribution in [0.1, 0.15) is 18.4 Å². The van der Waals surface area contributed by atoms with Crippen LogP contribution in [0.3, 0.4) is 0 Å². The number of nitrogens with one attached hydrogen (secondary N) is 1. The molecule has 10 heteroatoms. The Kier molecular flexibility index (Phi) is 5.99. The molecule has 0 saturated heterocycles. The molecule has 0 spiro atoms. The SMILES string of the molecule is COc1ccc(CN(C)c2ncc(-c3cn4cc(OC)ccc4n3)c3cc(NC(=O)C4CC4)nnc23)cc1. The zero-order valence-electron chi connectivity index (χ0n) is 21.4. The van der Waals surface area contributed by atoms with Crippen LogP contribution >= 0.6 is 0 Å². The first-order valence-electron chi connectivity index (χ1n) is 12.4. The van der Waals surface area contributed by atoms with Gasteiger partial charge in [-0.1, -0.05) is 12.1 Å². The number of fused-ring (bicyclic) bond motifs is 2. The number of carbonyl (C=O) groups is 1. The van der Waals surface area contributed by atoms with Crippen molar-refractivity contribution in [3.63, 3.8) is 0 Å². The molecule has 0 radical (unpaired) electrons. The first-order chi connectivity index (χ1) is 18.5. The van der Waals surface area contributed by atoms with Gasteiger partial charge in [-0.25, -0.2) is 9.97 Å². The molecule has 0 unspecified atom stereocenters. The van der Waals surface area contributed by atoms with E-state index in [9.17, 15) is 4.79 Å². The lowest BCUT2D eigenvalue weighted by Gasteiger charge is -2.20. The van der Waals surface area contributed by atoms with Gasteiger partial charge in [0, 0.05) is 42.9 Å². The second-order valence-electron chi connectivity index (χ2n) is 9.42. The first-order valence-corrected chi connectivity index (χ1v) is 12.4. The van der Waals surface area contributed by atoms with Gasteiger partial charge in [0.1, 0.15) is 22.7 Å². The fourth-order valence-electron chi connectivity index (χ4n) is 4.44. The van der Waals surface area contributed by atoms with E-state index in [1.165, 1.54) is 0 Å². The van der Waals surface area contributed by atoms with Crippen LogP contribution in [0.25, 0.3) is 27.8 Å². The summed E-state index contributed by atoms with van der Waals surface area (Å²) >= 11 is 0. The number of nitrogens with zero attached hydrogens (tertiary/aromatic N) is 6. The van der Waals surface area contributed by atoms with E-state index in [0.717, 1.165) is 52.2 Å². The number of pyridine rings is 2. The summed E-state index contributed by atoms with van der Waals surface area (Å²) in [6.45, 7) is 0.613. The molecular weight excluding hydrogens is 482 g/mol. The number of hydrogen-bond acceptors (Lipinski definition) is 8. The number of anilines is 2. The van der Waals surface area contributed by atoms with E-state index in [-0.39, 0.29) is 11.8 Å². The van der Waals surface area contributed by atoms with Crippen LogP contribution in [-0.4, -0.2) is 51.7 Å². The van der Waals surface area contributed by atoms with E-state index in [1.54, 1.807) is 20.4 Å². The van der Waals surface area contributed by atoms with Gasteiger partial charge in [-0.05, 0) is 48.7 Å². The third kappa shape index (κ3) is 4.56. The highest BCUT2D eigenvalue weighted by atomic mass is 16.5. The van der Waals surface area contributed by atoms with Crippen molar-refractivity contribution in [2.24, 2.45) is 5.92 Å². The molecule has 4 heterocycles. The molecule has 1 N–H and O–H groups in total. The van der Waals surface area contributed by atoms with Crippen molar-refractivity contribution in [3.8, 4) is 22.8 Å². The van der Waals surface area contributed by atoms with Crippen LogP contribution in [0.15, 0.2) is 61.1 Å². The predicted molar refractivity (Wildman–Crippen MR) is 145 cm³/mol. The quantitative estimate of drug-likeness (QED) is 0.329. The van der Waals surface area contributed by atoms with Crippen molar-refractivity contribution in [3.05, 3.63) is 66.6 Å². The summed E-state index contributed by atoms with van der Waals surface area (Å²) in [6.07, 6.45) is 7.42. The Morgan fingerprint density at radius 2 is 1.82 bits per heavy atom. The molecule has 1 aliphatic rings. The Bertz CT molecular complexity index is 1640. The maximum atomic E-state index is 12.4. The molecule has 5 aromatic rings. The van der Waals surface area contributed by atoms with E-state index >= 15 is 0 Å². The van der Waals surface area contributed by atoms with Gasteiger partial charge in [-0.3, -0.25) is 4.79 Å². The number of rotatable bonds is 8. The number of aromatic nitrogens is 5. The molecule has 0 atom stereocenters. The van der Waals surface area contributed by atoms with Crippen LogP contribution in [-0.2, 0) is 11.3 Å². The van der Waals surface area contributed by atoms with Crippen LogP contribution in [0, 0.1) is 5.92 Å². The van der Waals surface area contributed by atoms with Crippen LogP contribution in [0.4, 0.5) is 11.6 Å². The average molecular weight is 510 g/mol. The maximum Gasteiger partial charge on any atom is 0.228 e. The topological polar surface area (TPSA) is 107 Å². The number of methoxy groups -OCH3 is 2. The van der Waals surface area contributed by atoms with Gasteiger partial charge in [0.05, 0.1) is 26.1 Å². The smallest absolute Gasteiger partial charge is 0.228 e. The lowest BCUT2D eigenvalue weighted by molar-refractivity contribution is -0.117. The highest BCUT2D eigenvalue weighted by Gasteiger charge is 2.30. The predicted octanol–water partition coefficient (Wildman–Crippen LogP) is 4.34. The van der Waals surface area contributed by atoms with E-state index in [4.69, 9.17) is 19.4 Å². The third-order valence-corrected chi connectivity index (χ3v) is 6.69. The fourth-order valence-corrected chi connectivity index (χ4v) is 4.44. The van der Waals surface area contributed by atoms with Crippen molar-refractivity contribution in [2.75, 3.05) is 31.5 Å². The highest BCUT2D eigenvalue weighted by Crippen LogP contribution is 2.34. The molecule has 1 amide bonds. The number of ether oxygens (including phenoxy) is 2. The molecule has 192 valence electrons. The Morgan fingerprint density at radius 1 is 1.05 bits per heavy atom. The summed E-state index contributed by atoms with van der Waals surface area (Å²) in [5, 5.41) is 12.6. The lowest BCUT2D eigenvalue weighted by Crippen LogP contribution is -2.19. The highest BCUT2D eigenvalue weighted by molar-refractivity contribution is 6.01. The second kappa shape index (κ2) is 9.62. The number of imidazole rings is 1. The summed E-state index contributed by atoms with van der Waals surface area (Å²) in [5.74, 6) is 2.67. The van der Waals surface area contributed by atoms with Crippen LogP contribution < -0.4 is 19.7 Å². The largest absolute Gasteiger partial charge is 0.497 e. The molecular formula is C28H27N7O3. The summed E-state index contributed by atoms with van der Waals surface area (Å²) in [6, 6.07) is 13.5. The number of hydrogen-bond donors (Lipinski definition) is 1. The monoisotopic (exact) mass is 509 g/mol. The third-order valence-electron chi connectivity index (χ3n) is 6.69. The Labute approximate surface area is 219 Å². The van der Waals surface area contributed by atoms with Crippen LogP contribution in [0.5, 0.6) is 11.5 Å². The van der Waals surface area contributed by atoms with Crippen molar-refractivity contribution in [1.29, 1.82) is 0 Å². The van der Waals surface area contributed by atoms with Gasteiger partial charge in [-0.2, -0.15) is 0 Å². The van der Waals surface area contributed by atoms with Crippen LogP contribution in [0.2, 0.25) is 0 Å². The number of carbonyl (C=O) groups excluding carboxylic acids is 1. The Balaban J connectivity index is 1.42. The molecule has 1 saturated carbocycles. The molecule has 0 bridgehead atoms. The molecule has 0 aliphatic heterocycles. The fraction of sp³-hybridized carbons (Fsp3) is 0.250. The van der Waals surface area contributed by atoms with Crippen molar-refractivity contribution in [2.45, 2.75) is 19.4 Å². The first kappa shape index (κ1) is 23.7. The summed E-state index contributed by atoms with van der Waals surface area (Å²) in [4.78, 5) is 24.0. The normalized spacial score (nSPS) is 13.0. The maximum absolute atomic E-state index is 12.4. The van der Waals surface area contributed by atoms with E-state index in [0.29, 0.717) is 23.7 Å². The van der Waals surface area contributed by atoms with Gasteiger partial charge >= 0.3 is 0 Å². The van der Waals surface area contributed by atoms with E-state index in [1.807, 2.05) is 71.2 Å². The summed E-state index contributed by atoms with van der Waals surface area (Å²) in [5.41, 5.74) is 4.02. The van der Waals surface area contributed by atoms with Crippen molar-refractivity contribution < 1.29 is 14.3 Å². The minimum Gasteiger partial charge on any atom is -0.497 e. The van der Waals surface area contributed by atoms with Crippen molar-refractivity contribution >= 4 is 34.1 Å². The lowest BCUT2D eigenvalue weighted by atomic mass is 10.1. The van der Waals surface area contributed by atoms with E-state index < -0.39 is 0 Å². The van der Waals surface area contributed by atoms with Gasteiger partial charge in [0.15, 0.2) is 11.6 Å². The zero-order chi connectivity index (χ0) is 26.2. The Morgan fingerprint density at radius 3 is 2.55 bits per heavy atom. The average Bonchev–Trinajstić information content (AvgIpc) is 3.71. The zero-order valence-corrected chi connectivity index (χ0v) is 21.4. The summed E-state index contributed by atoms with van der Waals surface area (Å²) < 4.78 is 12.5. The molecule has 10 nitrogen and oxygen atoms in total. The van der Waals surface area contributed by atoms with Gasteiger partial charge in [0.25, 0.3) is 0 Å². The minimum absolute atomic E-state index is 0.0223. The summed E-state index contributed by atoms with van der Waals surface area (Å²) in [7, 11) is 5.25. The second-order valence-corrected chi connectivity index (χ2v) is 9.42. The van der Waals surface area contributed by atoms with Gasteiger partial charge in [0.2, 0.25) is 5.91 Å². The van der Waals surface area contributed by atoms with Gasteiger partial charge < -0.3 is 24.1 Å². The standard InChI is InChI=1S/C28H27N7O3/c1-34(14-17-4-8-19(37-2)9-5-17)27-26-21(12-24(32-33-26)31-28(36)18-6-7-18)22(13-29-27)23-16-35-15-20(38-3)10-11-25(35)30-23/h4-5,8-13,15-16,18H,6-7,14H2,1-3H3,(H,31,32,36). The van der Waals surface area contributed by atoms with Crippen molar-refractivity contribution in [1.82, 2.24) is 24.6 Å². The molecule has 38 heavy (non-hydrogen) atoms. The molecule has 1 aliphatic carbocycles. The number of benzene rings is 1. The number of amides is 1. The molecule has 1 aromatic carbocycles.